The zero-order chi connectivity index (χ0) is 63.8. The summed E-state index contributed by atoms with van der Waals surface area (Å²) in [4.78, 5) is 8.48. The van der Waals surface area contributed by atoms with Crippen LogP contribution in [0.4, 0.5) is 22.7 Å². The van der Waals surface area contributed by atoms with Crippen LogP contribution in [0, 0.1) is 0 Å². The van der Waals surface area contributed by atoms with E-state index in [1.54, 1.807) is 28.4 Å². The quantitative estimate of drug-likeness (QED) is 0.0146. The molecule has 4 aromatic rings. The van der Waals surface area contributed by atoms with Crippen LogP contribution in [0.5, 0.6) is 23.0 Å². The first-order chi connectivity index (χ1) is 40.8. The van der Waals surface area contributed by atoms with E-state index in [0.29, 0.717) is 0 Å². The Kier molecular flexibility index (Phi) is 75.0. The number of aliphatic imine (C=N–C) groups is 2. The molecule has 0 saturated carbocycles. The zero-order valence-electron chi connectivity index (χ0n) is 53.9. The third kappa shape index (κ3) is 53.7. The Balaban J connectivity index is -0.000000231. The van der Waals surface area contributed by atoms with Gasteiger partial charge in [-0.15, -0.1) is 0 Å². The van der Waals surface area contributed by atoms with Gasteiger partial charge in [0.15, 0.2) is 0 Å². The summed E-state index contributed by atoms with van der Waals surface area (Å²) in [7, 11) is 6.54. The molecule has 0 fully saturated rings. The second-order valence-electron chi connectivity index (χ2n) is 19.2. The van der Waals surface area contributed by atoms with Gasteiger partial charge >= 0.3 is 42.1 Å². The Morgan fingerprint density at radius 3 is 0.663 bits per heavy atom. The molecular weight excluding hydrogens is 1320 g/mol. The van der Waals surface area contributed by atoms with Crippen LogP contribution in [0.2, 0.25) is 0 Å². The maximum absolute atomic E-state index is 7.13. The van der Waals surface area contributed by atoms with Crippen LogP contribution in [-0.4, -0.2) is 123 Å². The number of rotatable bonds is 34. The Morgan fingerprint density at radius 2 is 0.512 bits per heavy atom. The van der Waals surface area contributed by atoms with Gasteiger partial charge in [0.25, 0.3) is 0 Å². The van der Waals surface area contributed by atoms with Crippen molar-refractivity contribution in [2.24, 2.45) is 9.98 Å². The average molecular weight is 1420 g/mol. The van der Waals surface area contributed by atoms with Gasteiger partial charge < -0.3 is 70.2 Å². The van der Waals surface area contributed by atoms with Crippen LogP contribution in [0.3, 0.4) is 0 Å². The van der Waals surface area contributed by atoms with Gasteiger partial charge in [-0.05, 0) is 123 Å². The van der Waals surface area contributed by atoms with E-state index in [1.807, 2.05) is 97.1 Å². The minimum atomic E-state index is 0. The van der Waals surface area contributed by atoms with E-state index in [4.69, 9.17) is 40.6 Å². The average Bonchev–Trinajstić information content (AvgIpc) is 3.57. The van der Waals surface area contributed by atoms with Crippen molar-refractivity contribution >= 4 is 105 Å². The second kappa shape index (κ2) is 69.6. The number of thiocarbonyl (C=S) groups is 4. The van der Waals surface area contributed by atoms with Crippen LogP contribution in [0.15, 0.2) is 107 Å². The number of methoxy groups -OCH3 is 4. The van der Waals surface area contributed by atoms with Crippen molar-refractivity contribution < 1.29 is 70.0 Å². The summed E-state index contributed by atoms with van der Waals surface area (Å²) in [5.74, 6) is 3.24. The largest absolute Gasteiger partial charge is 2.00 e. The number of ether oxygens (including phenoxy) is 4. The summed E-state index contributed by atoms with van der Waals surface area (Å²) in [6, 6.07) is 29.9. The van der Waals surface area contributed by atoms with Crippen molar-refractivity contribution in [2.45, 2.75) is 158 Å². The molecule has 86 heavy (non-hydrogen) atoms. The van der Waals surface area contributed by atoms with Crippen LogP contribution >= 0.6 is 48.9 Å². The molecular formula is C66H102Mo2N10O4S4. The van der Waals surface area contributed by atoms with E-state index in [-0.39, 0.29) is 42.1 Å². The van der Waals surface area contributed by atoms with Gasteiger partial charge in [0.1, 0.15) is 23.0 Å². The maximum atomic E-state index is 7.13. The molecule has 14 nitrogen and oxygen atoms in total. The van der Waals surface area contributed by atoms with Gasteiger partial charge in [-0.2, -0.15) is 20.6 Å². The minimum absolute atomic E-state index is 0. The van der Waals surface area contributed by atoms with Gasteiger partial charge in [0, 0.05) is 0 Å². The zero-order valence-corrected chi connectivity index (χ0v) is 61.2. The number of unbranched alkanes of at least 4 members (excludes halogenated alkanes) is 8. The van der Waals surface area contributed by atoms with Gasteiger partial charge in [0.05, 0.1) is 80.8 Å². The van der Waals surface area contributed by atoms with E-state index in [9.17, 15) is 0 Å². The third-order valence-corrected chi connectivity index (χ3v) is 13.0. The van der Waals surface area contributed by atoms with Gasteiger partial charge in [-0.1, -0.05) is 217 Å². The van der Waals surface area contributed by atoms with E-state index in [1.165, 1.54) is 197 Å². The maximum Gasteiger partial charge on any atom is 2.00 e. The molecule has 0 unspecified atom stereocenters. The number of hydrogen-bond acceptors (Lipinski definition) is 10. The second-order valence-corrected chi connectivity index (χ2v) is 19.9. The molecule has 0 radical (unpaired) electrons. The van der Waals surface area contributed by atoms with Crippen LogP contribution in [0.1, 0.15) is 158 Å². The molecule has 0 aliphatic rings. The van der Waals surface area contributed by atoms with Gasteiger partial charge in [-0.3, -0.25) is 0 Å². The van der Waals surface area contributed by atoms with Gasteiger partial charge in [-0.25, -0.2) is 0 Å². The summed E-state index contributed by atoms with van der Waals surface area (Å²) in [6.45, 7) is 30.0. The Morgan fingerprint density at radius 1 is 0.349 bits per heavy atom. The van der Waals surface area contributed by atoms with Gasteiger partial charge in [0.2, 0.25) is 0 Å². The van der Waals surface area contributed by atoms with Crippen molar-refractivity contribution in [2.75, 3.05) is 80.8 Å². The van der Waals surface area contributed by atoms with Crippen LogP contribution in [-0.2, 0) is 42.1 Å². The molecule has 0 spiro atoms. The number of benzene rings is 4. The first-order valence-corrected chi connectivity index (χ1v) is 31.2. The molecule has 0 aliphatic carbocycles. The summed E-state index contributed by atoms with van der Waals surface area (Å²) < 4.78 is 23.2. The first-order valence-electron chi connectivity index (χ1n) is 29.6. The van der Waals surface area contributed by atoms with Crippen molar-refractivity contribution in [3.05, 3.63) is 129 Å². The summed E-state index contributed by atoms with van der Waals surface area (Å²) in [6.07, 6.45) is 25.2. The minimum Gasteiger partial charge on any atom is -0.753 e. The monoisotopic (exact) mass is 1420 g/mol. The van der Waals surface area contributed by atoms with E-state index in [0.717, 1.165) is 45.7 Å². The Hall–Kier alpha value is -4.48. The predicted molar refractivity (Wildman–Crippen MR) is 377 cm³/mol. The molecule has 476 valence electrons. The van der Waals surface area contributed by atoms with Crippen LogP contribution in [0.25, 0.3) is 32.3 Å². The molecule has 0 bridgehead atoms. The third-order valence-electron chi connectivity index (χ3n) is 13.0. The molecule has 0 aromatic heterocycles. The van der Waals surface area contributed by atoms with Crippen molar-refractivity contribution in [3.63, 3.8) is 0 Å². The number of hydrogen-bond donors (Lipinski definition) is 0. The normalized spacial score (nSPS) is 9.72. The van der Waals surface area contributed by atoms with E-state index < -0.39 is 0 Å². The molecule has 0 amide bonds. The molecule has 0 aliphatic heterocycles. The molecule has 0 N–H and O–H groups in total. The number of isothiocyanates is 4. The molecule has 20 heteroatoms. The summed E-state index contributed by atoms with van der Waals surface area (Å²) in [5.41, 5.74) is 3.33. The molecule has 4 rings (SSSR count). The van der Waals surface area contributed by atoms with E-state index in [2.05, 4.69) is 125 Å². The van der Waals surface area contributed by atoms with Crippen molar-refractivity contribution in [1.29, 1.82) is 0 Å². The van der Waals surface area contributed by atoms with Crippen molar-refractivity contribution in [3.8, 4) is 23.0 Å². The summed E-state index contributed by atoms with van der Waals surface area (Å²) in [5, 5.41) is 42.4. The predicted octanol–water partition coefficient (Wildman–Crippen LogP) is 20.8. The first kappa shape index (κ1) is 92.7. The fourth-order valence-corrected chi connectivity index (χ4v) is 8.29. The smallest absolute Gasteiger partial charge is 0.753 e. The molecule has 0 atom stereocenters. The number of quaternary nitrogens is 2. The molecule has 0 saturated heterocycles. The topological polar surface area (TPSA) is 179 Å². The molecule has 4 aromatic carbocycles. The summed E-state index contributed by atoms with van der Waals surface area (Å²) >= 11 is 14.8. The molecule has 0 heterocycles. The number of nitrogens with zero attached hydrogens (tertiary/aromatic N) is 10. The van der Waals surface area contributed by atoms with Crippen LogP contribution < -0.4 is 18.9 Å². The standard InChI is InChI=1S/2C16H36N.2C15H15N2O2.4CNS.2Mo/c2*1-5-9-13-17(14-10-6-2,15-11-7-3)16-12-8-4;2*1-18-14-7-3-12(4-8-14)16-11-17-13-5-9-15(19-2)10-6-13;4*2-1-3;;/h2*5-16H2,1-4H3;2*3-11H,1-2H3;;;;;;/q2*+1;6*-1;2*+2. The fraction of sp³-hybridized carbons (Fsp3) is 0.545. The Bertz CT molecular complexity index is 2050. The Labute approximate surface area is 571 Å². The van der Waals surface area contributed by atoms with E-state index >= 15 is 0 Å². The van der Waals surface area contributed by atoms with Crippen molar-refractivity contribution in [1.82, 2.24) is 0 Å². The fourth-order valence-electron chi connectivity index (χ4n) is 8.29. The SMILES string of the molecule is CCCC[N+](CCCC)(CCCC)CCCC.CCCC[N+](CCCC)(CCCC)CCCC.COc1ccc(N=C[N-]c2ccc(OC)cc2)cc1.COc1ccc(N=C[N-]c2ccc(OC)cc2)cc1.[Mo+2].[Mo+2].[N-]=C=S.[N-]=C=S.[N-]=C=S.[N-]=C=S.